The minimum atomic E-state index is -1.15. The van der Waals surface area contributed by atoms with Gasteiger partial charge in [-0.3, -0.25) is 0 Å². The van der Waals surface area contributed by atoms with Crippen molar-refractivity contribution in [2.24, 2.45) is 29.6 Å². The standard InChI is InChI=1S/C26H50Si2/c1-6-7-10-20-13-15-22(19-20)27(2,3)28(4,5)26-18-17-24-23-12-9-8-11-21(23)14-16-25(24)26/h20-26H,6-19H2,1-5H3. The maximum atomic E-state index is 2.90. The monoisotopic (exact) mass is 418 g/mol. The van der Waals surface area contributed by atoms with E-state index in [2.05, 4.69) is 33.1 Å². The van der Waals surface area contributed by atoms with Gasteiger partial charge in [0.1, 0.15) is 0 Å². The first kappa shape index (κ1) is 21.7. The van der Waals surface area contributed by atoms with E-state index in [0.717, 1.165) is 29.6 Å². The Kier molecular flexibility index (Phi) is 6.59. The molecule has 0 aliphatic heterocycles. The Balaban J connectivity index is 1.45. The van der Waals surface area contributed by atoms with Gasteiger partial charge in [0, 0.05) is 15.2 Å². The molecule has 0 nitrogen and oxygen atoms in total. The lowest BCUT2D eigenvalue weighted by atomic mass is 9.62. The summed E-state index contributed by atoms with van der Waals surface area (Å²) in [5, 5.41) is 0. The minimum absolute atomic E-state index is 1.09. The lowest BCUT2D eigenvalue weighted by Crippen LogP contribution is -2.61. The zero-order valence-corrected chi connectivity index (χ0v) is 21.9. The SMILES string of the molecule is CCCCC1CCC([Si](C)(C)[Si](C)(C)C2CCC3C4CCCCC4CCC32)C1. The molecule has 0 amide bonds. The van der Waals surface area contributed by atoms with Crippen molar-refractivity contribution >= 4 is 15.2 Å². The second-order valence-electron chi connectivity index (χ2n) is 12.8. The normalized spacial score (nSPS) is 41.7. The molecule has 4 aliphatic carbocycles. The molecule has 7 unspecified atom stereocenters. The Bertz CT molecular complexity index is 525. The average molecular weight is 419 g/mol. The molecule has 28 heavy (non-hydrogen) atoms. The molecule has 0 aromatic rings. The van der Waals surface area contributed by atoms with E-state index in [4.69, 9.17) is 0 Å². The zero-order valence-electron chi connectivity index (χ0n) is 19.9. The molecule has 162 valence electrons. The van der Waals surface area contributed by atoms with Gasteiger partial charge in [-0.2, -0.15) is 0 Å². The van der Waals surface area contributed by atoms with Gasteiger partial charge < -0.3 is 0 Å². The van der Waals surface area contributed by atoms with Crippen LogP contribution in [-0.2, 0) is 0 Å². The molecule has 0 radical (unpaired) electrons. The Hall–Kier alpha value is 0.434. The van der Waals surface area contributed by atoms with Crippen molar-refractivity contribution in [2.75, 3.05) is 0 Å². The first-order valence-electron chi connectivity index (χ1n) is 13.4. The van der Waals surface area contributed by atoms with Crippen LogP contribution in [0.3, 0.4) is 0 Å². The van der Waals surface area contributed by atoms with E-state index in [1.807, 2.05) is 0 Å². The highest BCUT2D eigenvalue weighted by Gasteiger charge is 2.57. The minimum Gasteiger partial charge on any atom is -0.0711 e. The van der Waals surface area contributed by atoms with Gasteiger partial charge in [0.2, 0.25) is 0 Å². The van der Waals surface area contributed by atoms with Crippen molar-refractivity contribution < 1.29 is 0 Å². The molecule has 4 fully saturated rings. The summed E-state index contributed by atoms with van der Waals surface area (Å²) in [5.41, 5.74) is 2.36. The van der Waals surface area contributed by atoms with Gasteiger partial charge in [-0.1, -0.05) is 97.3 Å². The number of rotatable bonds is 6. The van der Waals surface area contributed by atoms with Crippen LogP contribution in [-0.4, -0.2) is 15.2 Å². The van der Waals surface area contributed by atoms with Crippen molar-refractivity contribution in [2.45, 2.75) is 134 Å². The fourth-order valence-corrected chi connectivity index (χ4v) is 23.1. The lowest BCUT2D eigenvalue weighted by molar-refractivity contribution is 0.0725. The summed E-state index contributed by atoms with van der Waals surface area (Å²) in [6, 6.07) is 0. The smallest absolute Gasteiger partial charge is 0.0448 e. The van der Waals surface area contributed by atoms with E-state index >= 15 is 0 Å². The Labute approximate surface area is 178 Å². The van der Waals surface area contributed by atoms with Crippen LogP contribution in [0.25, 0.3) is 0 Å². The van der Waals surface area contributed by atoms with Crippen LogP contribution in [0.2, 0.25) is 37.3 Å². The molecule has 0 N–H and O–H groups in total. The predicted molar refractivity (Wildman–Crippen MR) is 130 cm³/mol. The van der Waals surface area contributed by atoms with Crippen LogP contribution < -0.4 is 0 Å². The van der Waals surface area contributed by atoms with Gasteiger partial charge in [0.25, 0.3) is 0 Å². The largest absolute Gasteiger partial charge is 0.0711 e. The van der Waals surface area contributed by atoms with Crippen LogP contribution in [0.4, 0.5) is 0 Å². The highest BCUT2D eigenvalue weighted by molar-refractivity contribution is 7.41. The maximum Gasteiger partial charge on any atom is 0.0448 e. The molecule has 0 spiro atoms. The molecule has 4 aliphatic rings. The van der Waals surface area contributed by atoms with Crippen molar-refractivity contribution in [3.05, 3.63) is 0 Å². The second kappa shape index (κ2) is 8.52. The summed E-state index contributed by atoms with van der Waals surface area (Å²) in [6.45, 7) is 13.9. The van der Waals surface area contributed by atoms with Gasteiger partial charge >= 0.3 is 0 Å². The number of hydrogen-bond donors (Lipinski definition) is 0. The summed E-state index contributed by atoms with van der Waals surface area (Å²) < 4.78 is 0. The summed E-state index contributed by atoms with van der Waals surface area (Å²) >= 11 is 0. The molecule has 0 aromatic carbocycles. The molecule has 7 atom stereocenters. The van der Waals surface area contributed by atoms with E-state index in [-0.39, 0.29) is 0 Å². The molecule has 4 saturated carbocycles. The van der Waals surface area contributed by atoms with E-state index in [9.17, 15) is 0 Å². The zero-order chi connectivity index (χ0) is 19.9. The molecular weight excluding hydrogens is 368 g/mol. The molecule has 0 heterocycles. The predicted octanol–water partition coefficient (Wildman–Crippen LogP) is 8.84. The van der Waals surface area contributed by atoms with E-state index in [0.29, 0.717) is 0 Å². The van der Waals surface area contributed by atoms with Crippen molar-refractivity contribution in [1.82, 2.24) is 0 Å². The third-order valence-corrected chi connectivity index (χ3v) is 32.1. The van der Waals surface area contributed by atoms with E-state index in [1.54, 1.807) is 70.6 Å². The Morgan fingerprint density at radius 3 is 2.21 bits per heavy atom. The second-order valence-corrected chi connectivity index (χ2v) is 28.9. The summed E-state index contributed by atoms with van der Waals surface area (Å²) in [6.07, 6.45) is 22.0. The molecular formula is C26H50Si2. The average Bonchev–Trinajstić information content (AvgIpc) is 3.33. The van der Waals surface area contributed by atoms with Crippen LogP contribution in [0.5, 0.6) is 0 Å². The third kappa shape index (κ3) is 3.76. The fourth-order valence-electron chi connectivity index (χ4n) is 9.00. The topological polar surface area (TPSA) is 0 Å². The van der Waals surface area contributed by atoms with E-state index < -0.39 is 15.2 Å². The van der Waals surface area contributed by atoms with E-state index in [1.165, 1.54) is 30.3 Å². The highest BCUT2D eigenvalue weighted by Crippen LogP contribution is 2.61. The number of hydrogen-bond acceptors (Lipinski definition) is 0. The Morgan fingerprint density at radius 2 is 1.43 bits per heavy atom. The van der Waals surface area contributed by atoms with Gasteiger partial charge in [-0.15, -0.1) is 0 Å². The summed E-state index contributed by atoms with van der Waals surface area (Å²) in [4.78, 5) is 0. The van der Waals surface area contributed by atoms with Gasteiger partial charge in [0.05, 0.1) is 0 Å². The van der Waals surface area contributed by atoms with Crippen molar-refractivity contribution in [3.8, 4) is 0 Å². The summed E-state index contributed by atoms with van der Waals surface area (Å²) in [5.74, 6) is 5.69. The highest BCUT2D eigenvalue weighted by atomic mass is 29.3. The quantitative estimate of drug-likeness (QED) is 0.378. The van der Waals surface area contributed by atoms with Crippen LogP contribution in [0.15, 0.2) is 0 Å². The summed E-state index contributed by atoms with van der Waals surface area (Å²) in [7, 11) is -2.27. The molecule has 2 heteroatoms. The molecule has 4 rings (SSSR count). The van der Waals surface area contributed by atoms with Gasteiger partial charge in [0.15, 0.2) is 0 Å². The molecule has 0 saturated heterocycles. The maximum absolute atomic E-state index is 2.90. The Morgan fingerprint density at radius 1 is 0.679 bits per heavy atom. The lowest BCUT2D eigenvalue weighted by Gasteiger charge is -2.51. The van der Waals surface area contributed by atoms with Crippen molar-refractivity contribution in [1.29, 1.82) is 0 Å². The van der Waals surface area contributed by atoms with Crippen molar-refractivity contribution in [3.63, 3.8) is 0 Å². The van der Waals surface area contributed by atoms with Gasteiger partial charge in [-0.05, 0) is 66.4 Å². The number of fused-ring (bicyclic) bond motifs is 3. The van der Waals surface area contributed by atoms with Gasteiger partial charge in [-0.25, -0.2) is 0 Å². The fraction of sp³-hybridized carbons (Fsp3) is 1.00. The first-order chi connectivity index (χ1) is 13.4. The third-order valence-electron chi connectivity index (χ3n) is 11.4. The van der Waals surface area contributed by atoms with Crippen LogP contribution in [0, 0.1) is 29.6 Å². The number of unbranched alkanes of at least 4 members (excludes halogenated alkanes) is 1. The molecule has 0 bridgehead atoms. The first-order valence-corrected chi connectivity index (χ1v) is 20.5. The van der Waals surface area contributed by atoms with Crippen LogP contribution in [0.1, 0.15) is 96.8 Å². The molecule has 0 aromatic heterocycles. The van der Waals surface area contributed by atoms with Crippen LogP contribution >= 0.6 is 0 Å².